The second-order valence-corrected chi connectivity index (χ2v) is 5.47. The maximum atomic E-state index is 13.5. The van der Waals surface area contributed by atoms with Crippen molar-refractivity contribution in [2.24, 2.45) is 15.9 Å². The van der Waals surface area contributed by atoms with Crippen molar-refractivity contribution in [1.82, 2.24) is 9.97 Å². The van der Waals surface area contributed by atoms with E-state index >= 15 is 0 Å². The molecule has 0 radical (unpaired) electrons. The average Bonchev–Trinajstić information content (AvgIpc) is 2.61. The van der Waals surface area contributed by atoms with Crippen molar-refractivity contribution in [3.05, 3.63) is 47.5 Å². The van der Waals surface area contributed by atoms with Gasteiger partial charge in [0.15, 0.2) is 0 Å². The lowest BCUT2D eigenvalue weighted by atomic mass is 10.1. The van der Waals surface area contributed by atoms with Crippen molar-refractivity contribution in [3.8, 4) is 6.01 Å². The number of alkyl halides is 5. The van der Waals surface area contributed by atoms with E-state index < -0.39 is 29.0 Å². The van der Waals surface area contributed by atoms with Crippen LogP contribution in [0, 0.1) is 5.82 Å². The first kappa shape index (κ1) is 21.1. The van der Waals surface area contributed by atoms with Gasteiger partial charge in [0.1, 0.15) is 18.1 Å². The van der Waals surface area contributed by atoms with Crippen LogP contribution in [0.25, 0.3) is 0 Å². The number of halogens is 6. The van der Waals surface area contributed by atoms with E-state index in [-0.39, 0.29) is 24.0 Å². The molecule has 2 N–H and O–H groups in total. The molecule has 0 spiro atoms. The number of hydrazone groups is 1. The van der Waals surface area contributed by atoms with E-state index in [4.69, 9.17) is 10.6 Å². The van der Waals surface area contributed by atoms with Crippen LogP contribution in [-0.2, 0) is 12.1 Å². The third kappa shape index (κ3) is 5.66. The van der Waals surface area contributed by atoms with Gasteiger partial charge in [-0.15, -0.1) is 0 Å². The Morgan fingerprint density at radius 2 is 1.82 bits per heavy atom. The Hall–Kier alpha value is -3.18. The SMILES string of the molecule is CC(F)(F)c1cc(N=CC(COc2ncc(C(F)(F)F)cn2)=NN)ccc1F. The quantitative estimate of drug-likeness (QED) is 0.343. The molecule has 6 nitrogen and oxygen atoms in total. The smallest absolute Gasteiger partial charge is 0.419 e. The first-order chi connectivity index (χ1) is 13.0. The molecule has 2 rings (SSSR count). The summed E-state index contributed by atoms with van der Waals surface area (Å²) in [5, 5.41) is 3.35. The molecule has 0 fully saturated rings. The van der Waals surface area contributed by atoms with E-state index in [9.17, 15) is 26.3 Å². The third-order valence-corrected chi connectivity index (χ3v) is 3.26. The van der Waals surface area contributed by atoms with Gasteiger partial charge >= 0.3 is 12.2 Å². The molecular weight excluding hydrogens is 392 g/mol. The predicted molar refractivity (Wildman–Crippen MR) is 88.3 cm³/mol. The van der Waals surface area contributed by atoms with Gasteiger partial charge in [-0.3, -0.25) is 4.99 Å². The third-order valence-electron chi connectivity index (χ3n) is 3.26. The minimum Gasteiger partial charge on any atom is -0.457 e. The molecule has 0 aliphatic rings. The molecule has 0 saturated carbocycles. The van der Waals surface area contributed by atoms with E-state index in [2.05, 4.69) is 20.1 Å². The largest absolute Gasteiger partial charge is 0.457 e. The molecule has 0 saturated heterocycles. The second kappa shape index (κ2) is 8.23. The number of hydrogen-bond donors (Lipinski definition) is 1. The van der Waals surface area contributed by atoms with E-state index in [0.29, 0.717) is 19.3 Å². The number of aliphatic imine (C=N–C) groups is 1. The Labute approximate surface area is 154 Å². The Kier molecular flexibility index (Phi) is 6.21. The van der Waals surface area contributed by atoms with Crippen LogP contribution in [0.15, 0.2) is 40.7 Å². The van der Waals surface area contributed by atoms with E-state index in [1.165, 1.54) is 0 Å². The summed E-state index contributed by atoms with van der Waals surface area (Å²) in [6.45, 7) is 0.187. The first-order valence-electron chi connectivity index (χ1n) is 7.51. The zero-order valence-electron chi connectivity index (χ0n) is 14.2. The molecule has 0 aliphatic heterocycles. The number of benzene rings is 1. The number of nitrogens with zero attached hydrogens (tertiary/aromatic N) is 4. The molecule has 0 bridgehead atoms. The summed E-state index contributed by atoms with van der Waals surface area (Å²) in [7, 11) is 0. The molecule has 0 unspecified atom stereocenters. The van der Waals surface area contributed by atoms with Crippen LogP contribution < -0.4 is 10.6 Å². The van der Waals surface area contributed by atoms with Crippen LogP contribution in [0.3, 0.4) is 0 Å². The number of aromatic nitrogens is 2. The molecule has 12 heteroatoms. The Morgan fingerprint density at radius 3 is 2.36 bits per heavy atom. The molecule has 0 aliphatic carbocycles. The molecule has 1 heterocycles. The lowest BCUT2D eigenvalue weighted by Crippen LogP contribution is -2.16. The number of rotatable bonds is 6. The highest BCUT2D eigenvalue weighted by Crippen LogP contribution is 2.32. The van der Waals surface area contributed by atoms with E-state index in [0.717, 1.165) is 24.4 Å². The highest BCUT2D eigenvalue weighted by atomic mass is 19.4. The number of hydrogen-bond acceptors (Lipinski definition) is 6. The summed E-state index contributed by atoms with van der Waals surface area (Å²) < 4.78 is 82.5. The Morgan fingerprint density at radius 1 is 1.18 bits per heavy atom. The highest BCUT2D eigenvalue weighted by molar-refractivity contribution is 6.31. The van der Waals surface area contributed by atoms with Crippen molar-refractivity contribution in [2.75, 3.05) is 6.61 Å². The molecule has 150 valence electrons. The Balaban J connectivity index is 2.05. The van der Waals surface area contributed by atoms with Gasteiger partial charge in [0.25, 0.3) is 5.92 Å². The summed E-state index contributed by atoms with van der Waals surface area (Å²) in [6, 6.07) is 2.50. The predicted octanol–water partition coefficient (Wildman–Crippen LogP) is 3.84. The maximum Gasteiger partial charge on any atom is 0.419 e. The van der Waals surface area contributed by atoms with Crippen molar-refractivity contribution in [3.63, 3.8) is 0 Å². The van der Waals surface area contributed by atoms with Gasteiger partial charge < -0.3 is 10.6 Å². The molecular formula is C16H13F6N5O. The lowest BCUT2D eigenvalue weighted by Gasteiger charge is -2.11. The van der Waals surface area contributed by atoms with Crippen LogP contribution in [0.5, 0.6) is 6.01 Å². The van der Waals surface area contributed by atoms with Crippen LogP contribution in [0.4, 0.5) is 32.0 Å². The molecule has 2 aromatic rings. The fourth-order valence-corrected chi connectivity index (χ4v) is 1.86. The van der Waals surface area contributed by atoms with Gasteiger partial charge in [-0.25, -0.2) is 23.1 Å². The molecule has 1 aromatic carbocycles. The van der Waals surface area contributed by atoms with E-state index in [1.54, 1.807) is 0 Å². The van der Waals surface area contributed by atoms with Crippen molar-refractivity contribution in [2.45, 2.75) is 19.0 Å². The van der Waals surface area contributed by atoms with Gasteiger partial charge in [0, 0.05) is 19.3 Å². The minimum atomic E-state index is -4.58. The van der Waals surface area contributed by atoms with Crippen LogP contribution in [-0.4, -0.2) is 28.5 Å². The normalized spacial score (nSPS) is 13.2. The van der Waals surface area contributed by atoms with Gasteiger partial charge in [-0.1, -0.05) is 0 Å². The summed E-state index contributed by atoms with van der Waals surface area (Å²) in [5.41, 5.74) is -1.88. The lowest BCUT2D eigenvalue weighted by molar-refractivity contribution is -0.138. The van der Waals surface area contributed by atoms with Crippen LogP contribution in [0.2, 0.25) is 0 Å². The Bertz CT molecular complexity index is 875. The van der Waals surface area contributed by atoms with Gasteiger partial charge in [-0.2, -0.15) is 18.3 Å². The summed E-state index contributed by atoms with van der Waals surface area (Å²) >= 11 is 0. The second-order valence-electron chi connectivity index (χ2n) is 5.47. The molecule has 1 aromatic heterocycles. The van der Waals surface area contributed by atoms with Gasteiger partial charge in [-0.05, 0) is 18.2 Å². The highest BCUT2D eigenvalue weighted by Gasteiger charge is 2.31. The average molecular weight is 405 g/mol. The summed E-state index contributed by atoms with van der Waals surface area (Å²) in [5.74, 6) is 0.672. The van der Waals surface area contributed by atoms with Gasteiger partial charge in [0.05, 0.1) is 23.0 Å². The molecule has 28 heavy (non-hydrogen) atoms. The van der Waals surface area contributed by atoms with Crippen LogP contribution in [0.1, 0.15) is 18.1 Å². The summed E-state index contributed by atoms with van der Waals surface area (Å²) in [4.78, 5) is 10.6. The molecule has 0 amide bonds. The van der Waals surface area contributed by atoms with E-state index in [1.807, 2.05) is 0 Å². The first-order valence-corrected chi connectivity index (χ1v) is 7.51. The van der Waals surface area contributed by atoms with Crippen molar-refractivity contribution >= 4 is 17.6 Å². The zero-order chi connectivity index (χ0) is 20.9. The van der Waals surface area contributed by atoms with Crippen LogP contribution >= 0.6 is 0 Å². The topological polar surface area (TPSA) is 85.8 Å². The number of ether oxygens (including phenoxy) is 1. The standard InChI is InChI=1S/C16H13F6N5O/c1-15(18,19)12-4-10(2-3-13(12)17)24-7-11(27-23)8-28-14-25-5-9(6-26-14)16(20,21)22/h2-7H,8,23H2,1H3. The van der Waals surface area contributed by atoms with Gasteiger partial charge in [0.2, 0.25) is 0 Å². The number of nitrogens with two attached hydrogens (primary N) is 1. The molecule has 0 atom stereocenters. The van der Waals surface area contributed by atoms with Crippen molar-refractivity contribution in [1.29, 1.82) is 0 Å². The zero-order valence-corrected chi connectivity index (χ0v) is 14.2. The summed E-state index contributed by atoms with van der Waals surface area (Å²) in [6.07, 6.45) is -2.44. The fourth-order valence-electron chi connectivity index (χ4n) is 1.86. The minimum absolute atomic E-state index is 0.00219. The monoisotopic (exact) mass is 405 g/mol. The fraction of sp³-hybridized carbons (Fsp3) is 0.250. The maximum absolute atomic E-state index is 13.5. The van der Waals surface area contributed by atoms with Crippen molar-refractivity contribution < 1.29 is 31.1 Å².